The molecule has 0 spiro atoms. The molecule has 0 aromatic heterocycles. The Balaban J connectivity index is 0.00000265. The lowest BCUT2D eigenvalue weighted by atomic mass is 9.97. The van der Waals surface area contributed by atoms with E-state index in [1.165, 1.54) is 5.69 Å². The predicted molar refractivity (Wildman–Crippen MR) is 138 cm³/mol. The summed E-state index contributed by atoms with van der Waals surface area (Å²) in [5.41, 5.74) is 2.20. The predicted octanol–water partition coefficient (Wildman–Crippen LogP) is 4.86. The minimum Gasteiger partial charge on any atom is -0.376 e. The molecule has 6 nitrogen and oxygen atoms in total. The SMILES string of the molecule is C/C(=C(/C#N)C(=O)NC(C)(C)CCOC(C)(C)C)c1ccc(N2CCN(C)CC2)cc1.CC. The van der Waals surface area contributed by atoms with Crippen molar-refractivity contribution in [3.63, 3.8) is 0 Å². The zero-order chi connectivity index (χ0) is 25.2. The van der Waals surface area contributed by atoms with Gasteiger partial charge in [0.15, 0.2) is 0 Å². The van der Waals surface area contributed by atoms with Crippen molar-refractivity contribution in [2.24, 2.45) is 0 Å². The van der Waals surface area contributed by atoms with E-state index < -0.39 is 5.54 Å². The molecule has 1 saturated heterocycles. The summed E-state index contributed by atoms with van der Waals surface area (Å²) in [5.74, 6) is -0.344. The highest BCUT2D eigenvalue weighted by Gasteiger charge is 2.25. The van der Waals surface area contributed by atoms with Crippen molar-refractivity contribution < 1.29 is 9.53 Å². The second-order valence-electron chi connectivity index (χ2n) is 10.00. The highest BCUT2D eigenvalue weighted by Crippen LogP contribution is 2.24. The van der Waals surface area contributed by atoms with Gasteiger partial charge in [0.1, 0.15) is 11.6 Å². The van der Waals surface area contributed by atoms with Gasteiger partial charge in [0.05, 0.1) is 5.60 Å². The number of likely N-dealkylation sites (N-methyl/N-ethyl adjacent to an activating group) is 1. The third-order valence-corrected chi connectivity index (χ3v) is 5.60. The van der Waals surface area contributed by atoms with Crippen molar-refractivity contribution in [2.45, 2.75) is 73.0 Å². The molecule has 184 valence electrons. The van der Waals surface area contributed by atoms with Gasteiger partial charge in [0.2, 0.25) is 0 Å². The molecule has 1 heterocycles. The molecule has 1 aliphatic heterocycles. The lowest BCUT2D eigenvalue weighted by Gasteiger charge is -2.34. The van der Waals surface area contributed by atoms with Crippen LogP contribution in [0, 0.1) is 11.3 Å². The molecule has 0 atom stereocenters. The second kappa shape index (κ2) is 12.8. The van der Waals surface area contributed by atoms with E-state index in [1.807, 2.05) is 67.5 Å². The van der Waals surface area contributed by atoms with Gasteiger partial charge in [-0.2, -0.15) is 5.26 Å². The Morgan fingerprint density at radius 2 is 1.61 bits per heavy atom. The monoisotopic (exact) mass is 456 g/mol. The highest BCUT2D eigenvalue weighted by atomic mass is 16.5. The molecule has 0 radical (unpaired) electrons. The number of allylic oxidation sites excluding steroid dienone is 1. The molecule has 1 fully saturated rings. The van der Waals surface area contributed by atoms with Gasteiger partial charge in [-0.1, -0.05) is 26.0 Å². The fraction of sp³-hybridized carbons (Fsp3) is 0.630. The number of carbonyl (C=O) groups excluding carboxylic acids is 1. The number of carbonyl (C=O) groups is 1. The zero-order valence-electron chi connectivity index (χ0n) is 22.2. The summed E-state index contributed by atoms with van der Waals surface area (Å²) in [6.07, 6.45) is 0.660. The summed E-state index contributed by atoms with van der Waals surface area (Å²) in [5, 5.41) is 12.7. The van der Waals surface area contributed by atoms with E-state index in [1.54, 1.807) is 0 Å². The van der Waals surface area contributed by atoms with E-state index in [-0.39, 0.29) is 17.1 Å². The molecule has 1 aliphatic rings. The molecule has 1 aromatic rings. The molecule has 0 aliphatic carbocycles. The lowest BCUT2D eigenvalue weighted by molar-refractivity contribution is -0.118. The van der Waals surface area contributed by atoms with Crippen LogP contribution in [0.4, 0.5) is 5.69 Å². The number of benzene rings is 1. The van der Waals surface area contributed by atoms with Gasteiger partial charge in [-0.3, -0.25) is 4.79 Å². The van der Waals surface area contributed by atoms with Crippen molar-refractivity contribution >= 4 is 17.2 Å². The van der Waals surface area contributed by atoms with Crippen molar-refractivity contribution in [1.82, 2.24) is 10.2 Å². The zero-order valence-corrected chi connectivity index (χ0v) is 22.2. The number of hydrogen-bond donors (Lipinski definition) is 1. The Kier molecular flexibility index (Phi) is 11.1. The number of hydrogen-bond acceptors (Lipinski definition) is 5. The van der Waals surface area contributed by atoms with Crippen LogP contribution >= 0.6 is 0 Å². The first-order valence-corrected chi connectivity index (χ1v) is 12.0. The first-order chi connectivity index (χ1) is 15.4. The highest BCUT2D eigenvalue weighted by molar-refractivity contribution is 6.04. The minimum atomic E-state index is -0.476. The molecule has 1 N–H and O–H groups in total. The summed E-state index contributed by atoms with van der Waals surface area (Å²) < 4.78 is 5.78. The third-order valence-electron chi connectivity index (χ3n) is 5.60. The van der Waals surface area contributed by atoms with E-state index >= 15 is 0 Å². The number of piperazine rings is 1. The fourth-order valence-electron chi connectivity index (χ4n) is 3.48. The van der Waals surface area contributed by atoms with Gasteiger partial charge >= 0.3 is 0 Å². The molecule has 1 amide bonds. The Bertz CT molecular complexity index is 821. The maximum atomic E-state index is 12.9. The van der Waals surface area contributed by atoms with E-state index in [0.717, 1.165) is 31.7 Å². The number of nitrogens with zero attached hydrogens (tertiary/aromatic N) is 3. The van der Waals surface area contributed by atoms with Crippen molar-refractivity contribution in [1.29, 1.82) is 5.26 Å². The van der Waals surface area contributed by atoms with Gasteiger partial charge in [-0.15, -0.1) is 0 Å². The van der Waals surface area contributed by atoms with Crippen molar-refractivity contribution in [2.75, 3.05) is 44.7 Å². The number of ether oxygens (including phenoxy) is 1. The quantitative estimate of drug-likeness (QED) is 0.469. The van der Waals surface area contributed by atoms with Crippen LogP contribution in [0.5, 0.6) is 0 Å². The van der Waals surface area contributed by atoms with Crippen LogP contribution in [0.25, 0.3) is 5.57 Å². The molecule has 0 bridgehead atoms. The van der Waals surface area contributed by atoms with Crippen LogP contribution < -0.4 is 10.2 Å². The first-order valence-electron chi connectivity index (χ1n) is 12.0. The number of nitriles is 1. The van der Waals surface area contributed by atoms with Gasteiger partial charge in [-0.05, 0) is 78.3 Å². The molecule has 33 heavy (non-hydrogen) atoms. The number of anilines is 1. The number of amides is 1. The van der Waals surface area contributed by atoms with Crippen LogP contribution in [-0.2, 0) is 9.53 Å². The van der Waals surface area contributed by atoms with Crippen LogP contribution in [0.3, 0.4) is 0 Å². The smallest absolute Gasteiger partial charge is 0.262 e. The first kappa shape index (κ1) is 28.7. The van der Waals surface area contributed by atoms with E-state index in [9.17, 15) is 10.1 Å². The van der Waals surface area contributed by atoms with E-state index in [4.69, 9.17) is 4.74 Å². The average Bonchev–Trinajstić information content (AvgIpc) is 2.75. The van der Waals surface area contributed by atoms with E-state index in [0.29, 0.717) is 18.6 Å². The average molecular weight is 457 g/mol. The molecule has 1 aromatic carbocycles. The van der Waals surface area contributed by atoms with Crippen LogP contribution in [0.1, 0.15) is 67.4 Å². The summed E-state index contributed by atoms with van der Waals surface area (Å²) in [4.78, 5) is 17.6. The summed E-state index contributed by atoms with van der Waals surface area (Å²) >= 11 is 0. The maximum absolute atomic E-state index is 12.9. The summed E-state index contributed by atoms with van der Waals surface area (Å²) in [7, 11) is 2.14. The summed E-state index contributed by atoms with van der Waals surface area (Å²) in [6, 6.07) is 10.2. The van der Waals surface area contributed by atoms with Crippen LogP contribution in [-0.4, -0.2) is 61.8 Å². The molecular formula is C27H44N4O2. The molecule has 2 rings (SSSR count). The topological polar surface area (TPSA) is 68.6 Å². The maximum Gasteiger partial charge on any atom is 0.262 e. The molecule has 6 heteroatoms. The second-order valence-corrected chi connectivity index (χ2v) is 10.00. The Labute approximate surface area is 201 Å². The Morgan fingerprint density at radius 3 is 2.09 bits per heavy atom. The third kappa shape index (κ3) is 9.57. The van der Waals surface area contributed by atoms with Crippen LogP contribution in [0.2, 0.25) is 0 Å². The number of nitrogens with one attached hydrogen (secondary N) is 1. The van der Waals surface area contributed by atoms with Crippen molar-refractivity contribution in [3.8, 4) is 6.07 Å². The van der Waals surface area contributed by atoms with Gasteiger partial charge < -0.3 is 19.9 Å². The van der Waals surface area contributed by atoms with Gasteiger partial charge in [0.25, 0.3) is 5.91 Å². The Morgan fingerprint density at radius 1 is 1.06 bits per heavy atom. The largest absolute Gasteiger partial charge is 0.376 e. The summed E-state index contributed by atoms with van der Waals surface area (Å²) in [6.45, 7) is 20.4. The fourth-order valence-corrected chi connectivity index (χ4v) is 3.48. The molecular weight excluding hydrogens is 412 g/mol. The molecule has 0 unspecified atom stereocenters. The minimum absolute atomic E-state index is 0.150. The van der Waals surface area contributed by atoms with E-state index in [2.05, 4.69) is 40.4 Å². The van der Waals surface area contributed by atoms with Gasteiger partial charge in [0, 0.05) is 44.0 Å². The van der Waals surface area contributed by atoms with Gasteiger partial charge in [-0.25, -0.2) is 0 Å². The van der Waals surface area contributed by atoms with Crippen molar-refractivity contribution in [3.05, 3.63) is 35.4 Å². The van der Waals surface area contributed by atoms with Crippen LogP contribution in [0.15, 0.2) is 29.8 Å². The molecule has 0 saturated carbocycles. The normalized spacial score (nSPS) is 15.7. The Hall–Kier alpha value is -2.36. The number of rotatable bonds is 7. The standard InChI is InChI=1S/C25H38N4O2.C2H6/c1-19(20-8-10-21(11-9-20)29-15-13-28(7)14-16-29)22(18-26)23(30)27-25(5,6)12-17-31-24(2,3)4;1-2/h8-11H,12-17H2,1-7H3,(H,27,30);1-2H3/b22-19+;. The lowest BCUT2D eigenvalue weighted by Crippen LogP contribution is -2.45.